The van der Waals surface area contributed by atoms with E-state index in [1.807, 2.05) is 17.8 Å². The molecule has 0 aliphatic rings. The quantitative estimate of drug-likeness (QED) is 0.684. The van der Waals surface area contributed by atoms with E-state index in [9.17, 15) is 4.79 Å². The van der Waals surface area contributed by atoms with Gasteiger partial charge in [-0.2, -0.15) is 0 Å². The summed E-state index contributed by atoms with van der Waals surface area (Å²) in [5.74, 6) is 1.05. The van der Waals surface area contributed by atoms with Crippen molar-refractivity contribution in [3.8, 4) is 5.75 Å². The van der Waals surface area contributed by atoms with Gasteiger partial charge in [0.15, 0.2) is 0 Å². The summed E-state index contributed by atoms with van der Waals surface area (Å²) >= 11 is 11.8. The molecule has 0 bridgehead atoms. The van der Waals surface area contributed by atoms with Crippen LogP contribution in [0.2, 0.25) is 10.2 Å². The van der Waals surface area contributed by atoms with Crippen LogP contribution < -0.4 is 10.1 Å². The lowest BCUT2D eigenvalue weighted by molar-refractivity contribution is 0.102. The van der Waals surface area contributed by atoms with Gasteiger partial charge >= 0.3 is 0 Å². The van der Waals surface area contributed by atoms with Crippen LogP contribution in [0.1, 0.15) is 16.3 Å². The van der Waals surface area contributed by atoms with Crippen LogP contribution in [0.25, 0.3) is 0 Å². The number of rotatable bonds is 5. The van der Waals surface area contributed by atoms with Gasteiger partial charge in [0.05, 0.1) is 5.02 Å². The molecule has 0 saturated heterocycles. The molecule has 0 atom stereocenters. The number of nitrogens with one attached hydrogen (secondary N) is 1. The van der Waals surface area contributed by atoms with Crippen LogP contribution in [0.15, 0.2) is 48.8 Å². The van der Waals surface area contributed by atoms with E-state index in [0.717, 1.165) is 5.82 Å². The standard InChI is InChI=1S/C17H14Cl2N4O2/c1-23-9-8-20-15(23)10-25-12-4-2-11(3-5-12)21-17(24)16-13(18)6-7-14(19)22-16/h2-9H,10H2,1H3,(H,21,24). The number of carbonyl (C=O) groups excluding carboxylic acids is 1. The minimum absolute atomic E-state index is 0.0734. The van der Waals surface area contributed by atoms with Gasteiger partial charge in [-0.3, -0.25) is 4.79 Å². The van der Waals surface area contributed by atoms with E-state index in [1.54, 1.807) is 30.5 Å². The Morgan fingerprint density at radius 1 is 1.20 bits per heavy atom. The minimum atomic E-state index is -0.436. The first-order valence-corrected chi connectivity index (χ1v) is 8.11. The van der Waals surface area contributed by atoms with Gasteiger partial charge < -0.3 is 14.6 Å². The Labute approximate surface area is 154 Å². The highest BCUT2D eigenvalue weighted by atomic mass is 35.5. The Morgan fingerprint density at radius 2 is 1.96 bits per heavy atom. The highest BCUT2D eigenvalue weighted by Gasteiger charge is 2.13. The van der Waals surface area contributed by atoms with E-state index < -0.39 is 5.91 Å². The van der Waals surface area contributed by atoms with Crippen LogP contribution in [-0.4, -0.2) is 20.4 Å². The molecule has 3 aromatic rings. The molecule has 25 heavy (non-hydrogen) atoms. The van der Waals surface area contributed by atoms with Gasteiger partial charge in [-0.15, -0.1) is 0 Å². The first-order chi connectivity index (χ1) is 12.0. The fourth-order valence-corrected chi connectivity index (χ4v) is 2.42. The number of halogens is 2. The largest absolute Gasteiger partial charge is 0.486 e. The monoisotopic (exact) mass is 376 g/mol. The number of amides is 1. The molecule has 1 N–H and O–H groups in total. The molecule has 0 aliphatic heterocycles. The Balaban J connectivity index is 1.63. The van der Waals surface area contributed by atoms with Gasteiger partial charge in [-0.25, -0.2) is 9.97 Å². The lowest BCUT2D eigenvalue weighted by Gasteiger charge is -2.09. The second-order valence-electron chi connectivity index (χ2n) is 5.19. The highest BCUT2D eigenvalue weighted by Crippen LogP contribution is 2.20. The molecule has 0 radical (unpaired) electrons. The van der Waals surface area contributed by atoms with Gasteiger partial charge in [-0.05, 0) is 36.4 Å². The topological polar surface area (TPSA) is 69.0 Å². The average molecular weight is 377 g/mol. The van der Waals surface area contributed by atoms with E-state index in [4.69, 9.17) is 27.9 Å². The maximum absolute atomic E-state index is 12.2. The molecular formula is C17H14Cl2N4O2. The average Bonchev–Trinajstić information content (AvgIpc) is 3.01. The van der Waals surface area contributed by atoms with E-state index in [0.29, 0.717) is 18.0 Å². The summed E-state index contributed by atoms with van der Waals surface area (Å²) in [5.41, 5.74) is 0.663. The predicted octanol–water partition coefficient (Wildman–Crippen LogP) is 3.95. The van der Waals surface area contributed by atoms with Crippen LogP contribution in [0.4, 0.5) is 5.69 Å². The molecule has 0 spiro atoms. The number of aryl methyl sites for hydroxylation is 1. The summed E-state index contributed by atoms with van der Waals surface area (Å²) in [6.07, 6.45) is 3.57. The van der Waals surface area contributed by atoms with Gasteiger partial charge in [0, 0.05) is 25.1 Å². The van der Waals surface area contributed by atoms with Crippen molar-refractivity contribution < 1.29 is 9.53 Å². The molecule has 0 saturated carbocycles. The fourth-order valence-electron chi connectivity index (χ4n) is 2.09. The number of pyridine rings is 1. The normalized spacial score (nSPS) is 10.5. The molecule has 2 heterocycles. The summed E-state index contributed by atoms with van der Waals surface area (Å²) in [7, 11) is 1.90. The van der Waals surface area contributed by atoms with Crippen molar-refractivity contribution in [2.24, 2.45) is 7.05 Å². The zero-order valence-corrected chi connectivity index (χ0v) is 14.8. The molecule has 1 amide bonds. The zero-order chi connectivity index (χ0) is 17.8. The summed E-state index contributed by atoms with van der Waals surface area (Å²) in [6, 6.07) is 10.0. The first kappa shape index (κ1) is 17.3. The maximum Gasteiger partial charge on any atom is 0.275 e. The van der Waals surface area contributed by atoms with Crippen molar-refractivity contribution in [3.63, 3.8) is 0 Å². The second-order valence-corrected chi connectivity index (χ2v) is 5.98. The Morgan fingerprint density at radius 3 is 2.64 bits per heavy atom. The molecule has 2 aromatic heterocycles. The third-order valence-corrected chi connectivity index (χ3v) is 3.94. The van der Waals surface area contributed by atoms with Crippen molar-refractivity contribution in [1.29, 1.82) is 0 Å². The van der Waals surface area contributed by atoms with Gasteiger partial charge in [0.25, 0.3) is 5.91 Å². The number of nitrogens with zero attached hydrogens (tertiary/aromatic N) is 3. The van der Waals surface area contributed by atoms with Gasteiger partial charge in [-0.1, -0.05) is 23.2 Å². The Kier molecular flexibility index (Phi) is 5.21. The summed E-state index contributed by atoms with van der Waals surface area (Å²) < 4.78 is 7.55. The summed E-state index contributed by atoms with van der Waals surface area (Å²) in [4.78, 5) is 20.4. The van der Waals surface area contributed by atoms with E-state index in [2.05, 4.69) is 15.3 Å². The number of ether oxygens (including phenoxy) is 1. The maximum atomic E-state index is 12.2. The summed E-state index contributed by atoms with van der Waals surface area (Å²) in [6.45, 7) is 0.358. The third kappa shape index (κ3) is 4.29. The minimum Gasteiger partial charge on any atom is -0.486 e. The van der Waals surface area contributed by atoms with Crippen LogP contribution in [-0.2, 0) is 13.7 Å². The van der Waals surface area contributed by atoms with Crippen molar-refractivity contribution in [2.45, 2.75) is 6.61 Å². The van der Waals surface area contributed by atoms with Crippen LogP contribution in [0.5, 0.6) is 5.75 Å². The molecule has 6 nitrogen and oxygen atoms in total. The lowest BCUT2D eigenvalue weighted by Crippen LogP contribution is -2.14. The molecule has 0 fully saturated rings. The Bertz CT molecular complexity index is 894. The summed E-state index contributed by atoms with van der Waals surface area (Å²) in [5, 5.41) is 3.15. The number of hydrogen-bond donors (Lipinski definition) is 1. The lowest BCUT2D eigenvalue weighted by atomic mass is 10.2. The third-order valence-electron chi connectivity index (χ3n) is 3.43. The van der Waals surface area contributed by atoms with Crippen molar-refractivity contribution in [3.05, 3.63) is 70.5 Å². The molecule has 1 aromatic carbocycles. The number of hydrogen-bond acceptors (Lipinski definition) is 4. The van der Waals surface area contributed by atoms with Crippen LogP contribution in [0, 0.1) is 0 Å². The van der Waals surface area contributed by atoms with Gasteiger partial charge in [0.1, 0.15) is 29.0 Å². The van der Waals surface area contributed by atoms with E-state index in [-0.39, 0.29) is 15.9 Å². The molecular weight excluding hydrogens is 363 g/mol. The molecule has 3 rings (SSSR count). The number of carbonyl (C=O) groups is 1. The number of imidazole rings is 1. The SMILES string of the molecule is Cn1ccnc1COc1ccc(NC(=O)c2nc(Cl)ccc2Cl)cc1. The Hall–Kier alpha value is -2.57. The molecule has 128 valence electrons. The highest BCUT2D eigenvalue weighted by molar-refractivity contribution is 6.35. The molecule has 0 unspecified atom stereocenters. The number of anilines is 1. The van der Waals surface area contributed by atoms with E-state index in [1.165, 1.54) is 12.1 Å². The molecule has 8 heteroatoms. The first-order valence-electron chi connectivity index (χ1n) is 7.35. The van der Waals surface area contributed by atoms with E-state index >= 15 is 0 Å². The smallest absolute Gasteiger partial charge is 0.275 e. The van der Waals surface area contributed by atoms with Crippen molar-refractivity contribution >= 4 is 34.8 Å². The van der Waals surface area contributed by atoms with Crippen molar-refractivity contribution in [2.75, 3.05) is 5.32 Å². The van der Waals surface area contributed by atoms with Crippen molar-refractivity contribution in [1.82, 2.24) is 14.5 Å². The molecule has 0 aliphatic carbocycles. The predicted molar refractivity (Wildman–Crippen MR) is 96.2 cm³/mol. The zero-order valence-electron chi connectivity index (χ0n) is 13.2. The van der Waals surface area contributed by atoms with Crippen LogP contribution >= 0.6 is 23.2 Å². The van der Waals surface area contributed by atoms with Crippen LogP contribution in [0.3, 0.4) is 0 Å². The number of benzene rings is 1. The second kappa shape index (κ2) is 7.55. The van der Waals surface area contributed by atoms with Gasteiger partial charge in [0.2, 0.25) is 0 Å². The number of aromatic nitrogens is 3. The fraction of sp³-hybridized carbons (Fsp3) is 0.118.